The molecule has 0 aromatic heterocycles. The van der Waals surface area contributed by atoms with Crippen LogP contribution in [0.3, 0.4) is 0 Å². The van der Waals surface area contributed by atoms with Gasteiger partial charge in [0.15, 0.2) is 0 Å². The van der Waals surface area contributed by atoms with Crippen LogP contribution in [-0.2, 0) is 32.5 Å². The van der Waals surface area contributed by atoms with Crippen LogP contribution in [0, 0.1) is 11.8 Å². The first kappa shape index (κ1) is 26.2. The zero-order valence-corrected chi connectivity index (χ0v) is 22.7. The van der Waals surface area contributed by atoms with Crippen molar-refractivity contribution in [3.63, 3.8) is 0 Å². The van der Waals surface area contributed by atoms with Gasteiger partial charge in [-0.3, -0.25) is 4.79 Å². The third kappa shape index (κ3) is 6.37. The van der Waals surface area contributed by atoms with Crippen LogP contribution in [0.5, 0.6) is 5.75 Å². The van der Waals surface area contributed by atoms with Crippen molar-refractivity contribution >= 4 is 22.2 Å². The minimum atomic E-state index is -1.51. The summed E-state index contributed by atoms with van der Waals surface area (Å²) in [6, 6.07) is 14.3. The first-order chi connectivity index (χ1) is 18.1. The largest absolute Gasteiger partial charge is 0.491 e. The van der Waals surface area contributed by atoms with Crippen molar-refractivity contribution in [2.24, 2.45) is 16.2 Å². The molecule has 1 fully saturated rings. The zero-order chi connectivity index (χ0) is 25.6. The molecule has 6 nitrogen and oxygen atoms in total. The number of carbonyl (C=O) groups is 1. The Morgan fingerprint density at radius 1 is 1.00 bits per heavy atom. The van der Waals surface area contributed by atoms with Crippen LogP contribution in [-0.4, -0.2) is 38.0 Å². The molecule has 1 aliphatic carbocycles. The highest BCUT2D eigenvalue weighted by Gasteiger charge is 2.38. The maximum atomic E-state index is 13.0. The maximum absolute atomic E-state index is 13.0. The third-order valence-corrected chi connectivity index (χ3v) is 9.34. The third-order valence-electron chi connectivity index (χ3n) is 8.33. The summed E-state index contributed by atoms with van der Waals surface area (Å²) in [7, 11) is 0.334. The van der Waals surface area contributed by atoms with Crippen molar-refractivity contribution in [1.82, 2.24) is 0 Å². The van der Waals surface area contributed by atoms with Gasteiger partial charge in [-0.05, 0) is 79.7 Å². The fourth-order valence-corrected chi connectivity index (χ4v) is 6.90. The van der Waals surface area contributed by atoms with Gasteiger partial charge in [-0.1, -0.05) is 49.3 Å². The average molecular weight is 524 g/mol. The molecule has 0 radical (unpaired) electrons. The summed E-state index contributed by atoms with van der Waals surface area (Å²) < 4.78 is 28.8. The molecule has 0 saturated heterocycles. The molecule has 2 heterocycles. The number of hydrogen-bond donors (Lipinski definition) is 0. The van der Waals surface area contributed by atoms with Gasteiger partial charge in [-0.25, -0.2) is 0 Å². The highest BCUT2D eigenvalue weighted by molar-refractivity contribution is 7.75. The number of anilines is 1. The molecule has 2 aromatic carbocycles. The number of ether oxygens (including phenoxy) is 2. The number of amides is 1. The Labute approximate surface area is 222 Å². The van der Waals surface area contributed by atoms with Crippen LogP contribution in [0.25, 0.3) is 0 Å². The summed E-state index contributed by atoms with van der Waals surface area (Å²) >= 11 is 0. The minimum absolute atomic E-state index is 0.252. The van der Waals surface area contributed by atoms with Crippen molar-refractivity contribution in [3.8, 4) is 5.75 Å². The van der Waals surface area contributed by atoms with Gasteiger partial charge in [0.25, 0.3) is 5.91 Å². The molecule has 2 aliphatic heterocycles. The van der Waals surface area contributed by atoms with Crippen molar-refractivity contribution in [3.05, 3.63) is 59.2 Å². The summed E-state index contributed by atoms with van der Waals surface area (Å²) in [6.07, 6.45) is 9.57. The molecule has 1 amide bonds. The Balaban J connectivity index is 1.57. The number of rotatable bonds is 1. The minimum Gasteiger partial charge on any atom is -0.491 e. The fraction of sp³-hybridized carbons (Fsp3) is 0.567. The number of carbonyl (C=O) groups excluding carboxylic acids is 1. The molecule has 2 bridgehead atoms. The Hall–Kier alpha value is -2.38. The number of benzene rings is 2. The summed E-state index contributed by atoms with van der Waals surface area (Å²) in [6.45, 7) is 2.28. The second-order valence-electron chi connectivity index (χ2n) is 10.7. The van der Waals surface area contributed by atoms with E-state index in [1.165, 1.54) is 24.0 Å². The van der Waals surface area contributed by atoms with Crippen LogP contribution in [0.15, 0.2) is 46.8 Å². The van der Waals surface area contributed by atoms with Gasteiger partial charge >= 0.3 is 0 Å². The molecule has 7 heteroatoms. The first-order valence-electron chi connectivity index (χ1n) is 13.9. The molecule has 2 aromatic rings. The van der Waals surface area contributed by atoms with E-state index < -0.39 is 16.5 Å². The SMILES string of the molecule is CO[C@H]1CCCCC[S-](=O)=NC(=O)c2ccc3c(c2)N(Cc2ccccc2CCCCO3)C[C@@H]2CC[C@H]21. The topological polar surface area (TPSA) is 68.2 Å². The van der Waals surface area contributed by atoms with Crippen LogP contribution >= 0.6 is 0 Å². The van der Waals surface area contributed by atoms with E-state index in [0.717, 1.165) is 69.5 Å². The van der Waals surface area contributed by atoms with Gasteiger partial charge in [0.05, 0.1) is 18.4 Å². The maximum Gasteiger partial charge on any atom is 0.254 e. The quantitative estimate of drug-likeness (QED) is 0.410. The lowest BCUT2D eigenvalue weighted by molar-refractivity contribution is -0.0218. The zero-order valence-electron chi connectivity index (χ0n) is 21.9. The average Bonchev–Trinajstić information content (AvgIpc) is 2.92. The summed E-state index contributed by atoms with van der Waals surface area (Å²) in [5, 5.41) is 0. The number of methoxy groups -OCH3 is 1. The van der Waals surface area contributed by atoms with Crippen molar-refractivity contribution in [2.45, 2.75) is 70.4 Å². The molecular formula is C30H39N2O4S-. The highest BCUT2D eigenvalue weighted by atomic mass is 32.2. The number of fused-ring (bicyclic) bond motifs is 3. The lowest BCUT2D eigenvalue weighted by Crippen LogP contribution is -2.44. The molecule has 200 valence electrons. The second kappa shape index (κ2) is 12.4. The lowest BCUT2D eigenvalue weighted by atomic mass is 9.69. The van der Waals surface area contributed by atoms with E-state index in [0.29, 0.717) is 29.8 Å². The fourth-order valence-electron chi connectivity index (χ4n) is 6.07. The summed E-state index contributed by atoms with van der Waals surface area (Å²) in [5.74, 6) is 1.87. The van der Waals surface area contributed by atoms with Gasteiger partial charge in [-0.2, -0.15) is 10.6 Å². The van der Waals surface area contributed by atoms with Crippen LogP contribution in [0.2, 0.25) is 0 Å². The van der Waals surface area contributed by atoms with E-state index in [1.807, 2.05) is 19.2 Å². The van der Waals surface area contributed by atoms with Gasteiger partial charge in [-0.15, -0.1) is 0 Å². The molecule has 0 N–H and O–H groups in total. The van der Waals surface area contributed by atoms with Crippen LogP contribution < -0.4 is 9.64 Å². The van der Waals surface area contributed by atoms with Gasteiger partial charge in [0.1, 0.15) is 5.75 Å². The Kier molecular flexibility index (Phi) is 8.82. The van der Waals surface area contributed by atoms with E-state index in [9.17, 15) is 9.00 Å². The Morgan fingerprint density at radius 3 is 2.68 bits per heavy atom. The number of aryl methyl sites for hydroxylation is 1. The van der Waals surface area contributed by atoms with Crippen molar-refractivity contribution in [1.29, 1.82) is 0 Å². The van der Waals surface area contributed by atoms with Gasteiger partial charge < -0.3 is 22.9 Å². The molecule has 5 rings (SSSR count). The van der Waals surface area contributed by atoms with E-state index in [-0.39, 0.29) is 6.10 Å². The van der Waals surface area contributed by atoms with Gasteiger partial charge in [0.2, 0.25) is 0 Å². The van der Waals surface area contributed by atoms with E-state index >= 15 is 0 Å². The standard InChI is InChI=1S/C30H39N2O4S/c1-35-28-12-3-2-8-18-37(34)31-30(33)23-14-16-29-27(19-23)32(21-25-13-15-26(25)28)20-24-11-5-4-9-22(24)10-6-7-17-36-29/h4-5,9,11,14,16,19,25-26,28H,2-3,6-8,10,12-13,15,17-18,20-21H2,1H3/q-1/t25-,26+,28-/m0/s1. The Bertz CT molecular complexity index is 1180. The molecule has 0 unspecified atom stereocenters. The summed E-state index contributed by atoms with van der Waals surface area (Å²) in [4.78, 5) is 15.4. The van der Waals surface area contributed by atoms with E-state index in [2.05, 4.69) is 33.5 Å². The monoisotopic (exact) mass is 523 g/mol. The summed E-state index contributed by atoms with van der Waals surface area (Å²) in [5.41, 5.74) is 4.10. The van der Waals surface area contributed by atoms with E-state index in [1.54, 1.807) is 6.07 Å². The van der Waals surface area contributed by atoms with E-state index in [4.69, 9.17) is 9.47 Å². The van der Waals surface area contributed by atoms with Crippen molar-refractivity contribution < 1.29 is 18.5 Å². The number of hydrogen-bond acceptors (Lipinski definition) is 6. The lowest BCUT2D eigenvalue weighted by Gasteiger charge is -2.44. The highest BCUT2D eigenvalue weighted by Crippen LogP contribution is 2.42. The van der Waals surface area contributed by atoms with Gasteiger partial charge in [0, 0.05) is 25.8 Å². The molecule has 1 saturated carbocycles. The Morgan fingerprint density at radius 2 is 1.86 bits per heavy atom. The van der Waals surface area contributed by atoms with Crippen LogP contribution in [0.1, 0.15) is 72.9 Å². The first-order valence-corrected chi connectivity index (χ1v) is 15.2. The molecule has 0 spiro atoms. The molecular weight excluding hydrogens is 484 g/mol. The number of nitrogens with zero attached hydrogens (tertiary/aromatic N) is 2. The predicted molar refractivity (Wildman–Crippen MR) is 148 cm³/mol. The molecule has 37 heavy (non-hydrogen) atoms. The normalized spacial score (nSPS) is 25.9. The molecule has 3 atom stereocenters. The molecule has 3 aliphatic rings. The van der Waals surface area contributed by atoms with Crippen LogP contribution in [0.4, 0.5) is 5.69 Å². The smallest absolute Gasteiger partial charge is 0.254 e. The predicted octanol–water partition coefficient (Wildman–Crippen LogP) is 6.31. The second-order valence-corrected chi connectivity index (χ2v) is 11.9. The van der Waals surface area contributed by atoms with Crippen molar-refractivity contribution in [2.75, 3.05) is 30.9 Å².